The Kier molecular flexibility index (Phi) is 8.01. The Morgan fingerprint density at radius 2 is 2.00 bits per heavy atom. The van der Waals surface area contributed by atoms with Crippen molar-refractivity contribution in [1.82, 2.24) is 25.4 Å². The van der Waals surface area contributed by atoms with Gasteiger partial charge in [-0.3, -0.25) is 9.67 Å². The molecule has 1 unspecified atom stereocenters. The first kappa shape index (κ1) is 19.4. The van der Waals surface area contributed by atoms with Crippen molar-refractivity contribution in [3.8, 4) is 0 Å². The molecule has 7 heteroatoms. The number of guanidine groups is 1. The fourth-order valence-corrected chi connectivity index (χ4v) is 2.17. The highest BCUT2D eigenvalue weighted by Crippen LogP contribution is 2.13. The number of nitrogens with one attached hydrogen (secondary N) is 2. The highest BCUT2D eigenvalue weighted by Gasteiger charge is 2.08. The van der Waals surface area contributed by atoms with E-state index in [0.29, 0.717) is 6.54 Å². The quantitative estimate of drug-likeness (QED) is 0.436. The van der Waals surface area contributed by atoms with Gasteiger partial charge in [0.1, 0.15) is 12.2 Å². The van der Waals surface area contributed by atoms with Crippen LogP contribution in [0.5, 0.6) is 0 Å². The number of hydrogen-bond acceptors (Lipinski definition) is 3. The first-order chi connectivity index (χ1) is 10.6. The van der Waals surface area contributed by atoms with E-state index in [1.54, 1.807) is 18.1 Å². The summed E-state index contributed by atoms with van der Waals surface area (Å²) in [4.78, 5) is 8.44. The number of aromatic nitrogens is 3. The van der Waals surface area contributed by atoms with E-state index in [1.807, 2.05) is 7.05 Å². The minimum Gasteiger partial charge on any atom is -0.350 e. The van der Waals surface area contributed by atoms with Gasteiger partial charge >= 0.3 is 0 Å². The SMILES string of the molecule is CCc1ccc(C(C)NC(=NC)NCc2ncnn2C)cc1.I. The van der Waals surface area contributed by atoms with E-state index < -0.39 is 0 Å². The van der Waals surface area contributed by atoms with Crippen molar-refractivity contribution in [2.24, 2.45) is 12.0 Å². The number of hydrogen-bond donors (Lipinski definition) is 2. The van der Waals surface area contributed by atoms with E-state index in [1.165, 1.54) is 11.1 Å². The second kappa shape index (κ2) is 9.49. The van der Waals surface area contributed by atoms with Gasteiger partial charge in [-0.2, -0.15) is 5.10 Å². The van der Waals surface area contributed by atoms with Gasteiger partial charge in [0.15, 0.2) is 5.96 Å². The summed E-state index contributed by atoms with van der Waals surface area (Å²) in [5.74, 6) is 1.61. The van der Waals surface area contributed by atoms with E-state index in [2.05, 4.69) is 63.8 Å². The van der Waals surface area contributed by atoms with Crippen molar-refractivity contribution < 1.29 is 0 Å². The predicted molar refractivity (Wildman–Crippen MR) is 104 cm³/mol. The Balaban J connectivity index is 0.00000264. The van der Waals surface area contributed by atoms with Gasteiger partial charge in [0, 0.05) is 14.1 Å². The second-order valence-electron chi connectivity index (χ2n) is 5.19. The van der Waals surface area contributed by atoms with Crippen LogP contribution in [0, 0.1) is 0 Å². The predicted octanol–water partition coefficient (Wildman–Crippen LogP) is 2.42. The molecule has 126 valence electrons. The minimum atomic E-state index is 0. The molecule has 0 amide bonds. The van der Waals surface area contributed by atoms with Crippen LogP contribution >= 0.6 is 24.0 Å². The van der Waals surface area contributed by atoms with Crippen LogP contribution < -0.4 is 10.6 Å². The number of nitrogens with zero attached hydrogens (tertiary/aromatic N) is 4. The molecule has 0 aliphatic rings. The van der Waals surface area contributed by atoms with Gasteiger partial charge in [-0.15, -0.1) is 24.0 Å². The Labute approximate surface area is 154 Å². The number of aryl methyl sites for hydroxylation is 2. The molecule has 0 saturated heterocycles. The third-order valence-corrected chi connectivity index (χ3v) is 3.68. The van der Waals surface area contributed by atoms with Crippen molar-refractivity contribution >= 4 is 29.9 Å². The van der Waals surface area contributed by atoms with Gasteiger partial charge in [0.2, 0.25) is 0 Å². The Morgan fingerprint density at radius 3 is 2.52 bits per heavy atom. The molecule has 1 atom stereocenters. The summed E-state index contributed by atoms with van der Waals surface area (Å²) in [6.45, 7) is 4.86. The molecular weight excluding hydrogens is 403 g/mol. The van der Waals surface area contributed by atoms with E-state index in [9.17, 15) is 0 Å². The average molecular weight is 428 g/mol. The first-order valence-corrected chi connectivity index (χ1v) is 7.53. The highest BCUT2D eigenvalue weighted by molar-refractivity contribution is 14.0. The number of aliphatic imine (C=N–C) groups is 1. The molecule has 2 N–H and O–H groups in total. The lowest BCUT2D eigenvalue weighted by atomic mass is 10.1. The van der Waals surface area contributed by atoms with Gasteiger partial charge < -0.3 is 10.6 Å². The summed E-state index contributed by atoms with van der Waals surface area (Å²) in [6, 6.07) is 8.84. The third-order valence-electron chi connectivity index (χ3n) is 3.68. The minimum absolute atomic E-state index is 0. The molecule has 1 aromatic heterocycles. The van der Waals surface area contributed by atoms with Gasteiger partial charge in [0.25, 0.3) is 0 Å². The van der Waals surface area contributed by atoms with Crippen LogP contribution in [0.1, 0.15) is 36.8 Å². The lowest BCUT2D eigenvalue weighted by Crippen LogP contribution is -2.38. The van der Waals surface area contributed by atoms with Crippen LogP contribution in [0.2, 0.25) is 0 Å². The molecule has 0 radical (unpaired) electrons. The summed E-state index contributed by atoms with van der Waals surface area (Å²) in [6.07, 6.45) is 2.61. The second-order valence-corrected chi connectivity index (χ2v) is 5.19. The maximum Gasteiger partial charge on any atom is 0.191 e. The van der Waals surface area contributed by atoms with Gasteiger partial charge in [-0.05, 0) is 24.5 Å². The average Bonchev–Trinajstić information content (AvgIpc) is 2.96. The van der Waals surface area contributed by atoms with E-state index in [4.69, 9.17) is 0 Å². The summed E-state index contributed by atoms with van der Waals surface area (Å²) in [5, 5.41) is 10.7. The van der Waals surface area contributed by atoms with Gasteiger partial charge in [0.05, 0.1) is 12.6 Å². The number of halogens is 1. The van der Waals surface area contributed by atoms with Crippen molar-refractivity contribution in [2.75, 3.05) is 7.05 Å². The fourth-order valence-electron chi connectivity index (χ4n) is 2.17. The summed E-state index contributed by atoms with van der Waals surface area (Å²) in [7, 11) is 3.64. The maximum atomic E-state index is 4.25. The molecule has 1 aromatic carbocycles. The standard InChI is InChI=1S/C16H24N6.HI/c1-5-13-6-8-14(9-7-13)12(2)21-16(17-3)18-10-15-19-11-20-22(15)4;/h6-9,11-12H,5,10H2,1-4H3,(H2,17,18,21);1H. The molecular formula is C16H25IN6. The number of rotatable bonds is 5. The molecule has 2 rings (SSSR count). The van der Waals surface area contributed by atoms with Crippen LogP contribution in [0.15, 0.2) is 35.6 Å². The number of benzene rings is 1. The van der Waals surface area contributed by atoms with Crippen molar-refractivity contribution in [1.29, 1.82) is 0 Å². The Hall–Kier alpha value is -1.64. The zero-order valence-corrected chi connectivity index (χ0v) is 16.4. The third kappa shape index (κ3) is 5.49. The van der Waals surface area contributed by atoms with Crippen LogP contribution in [0.25, 0.3) is 0 Å². The van der Waals surface area contributed by atoms with E-state index >= 15 is 0 Å². The normalized spacial score (nSPS) is 12.4. The van der Waals surface area contributed by atoms with Crippen molar-refractivity contribution in [2.45, 2.75) is 32.9 Å². The van der Waals surface area contributed by atoms with Crippen molar-refractivity contribution in [3.63, 3.8) is 0 Å². The smallest absolute Gasteiger partial charge is 0.191 e. The van der Waals surface area contributed by atoms with Crippen molar-refractivity contribution in [3.05, 3.63) is 47.5 Å². The summed E-state index contributed by atoms with van der Waals surface area (Å²) < 4.78 is 1.74. The molecule has 23 heavy (non-hydrogen) atoms. The lowest BCUT2D eigenvalue weighted by molar-refractivity contribution is 0.651. The Morgan fingerprint density at radius 1 is 1.30 bits per heavy atom. The van der Waals surface area contributed by atoms with Gasteiger partial charge in [-0.1, -0.05) is 31.2 Å². The first-order valence-electron chi connectivity index (χ1n) is 7.53. The molecule has 0 saturated carbocycles. The Bertz CT molecular complexity index is 620. The van der Waals surface area contributed by atoms with Crippen LogP contribution in [-0.4, -0.2) is 27.8 Å². The topological polar surface area (TPSA) is 67.1 Å². The van der Waals surface area contributed by atoms with E-state index in [0.717, 1.165) is 18.2 Å². The molecule has 0 aliphatic heterocycles. The monoisotopic (exact) mass is 428 g/mol. The largest absolute Gasteiger partial charge is 0.350 e. The zero-order chi connectivity index (χ0) is 15.9. The van der Waals surface area contributed by atoms with Crippen LogP contribution in [-0.2, 0) is 20.0 Å². The molecule has 2 aromatic rings. The molecule has 0 aliphatic carbocycles. The summed E-state index contributed by atoms with van der Waals surface area (Å²) >= 11 is 0. The van der Waals surface area contributed by atoms with Crippen LogP contribution in [0.4, 0.5) is 0 Å². The molecule has 1 heterocycles. The van der Waals surface area contributed by atoms with E-state index in [-0.39, 0.29) is 30.0 Å². The van der Waals surface area contributed by atoms with Crippen LogP contribution in [0.3, 0.4) is 0 Å². The molecule has 6 nitrogen and oxygen atoms in total. The highest BCUT2D eigenvalue weighted by atomic mass is 127. The maximum absolute atomic E-state index is 4.25. The zero-order valence-electron chi connectivity index (χ0n) is 14.1. The molecule has 0 bridgehead atoms. The summed E-state index contributed by atoms with van der Waals surface area (Å²) in [5.41, 5.74) is 2.58. The lowest BCUT2D eigenvalue weighted by Gasteiger charge is -2.18. The van der Waals surface area contributed by atoms with Gasteiger partial charge in [-0.25, -0.2) is 4.98 Å². The fraction of sp³-hybridized carbons (Fsp3) is 0.438. The molecule has 0 fully saturated rings. The molecule has 0 spiro atoms.